The topological polar surface area (TPSA) is 144 Å². The van der Waals surface area contributed by atoms with Crippen molar-refractivity contribution >= 4 is 40.3 Å². The summed E-state index contributed by atoms with van der Waals surface area (Å²) in [6, 6.07) is 10.5. The fraction of sp³-hybridized carbons (Fsp3) is 0.290. The third-order valence-corrected chi connectivity index (χ3v) is 6.83. The number of carbonyl (C=O) groups is 1. The first-order valence-electron chi connectivity index (χ1n) is 13.4. The number of nitriles is 1. The van der Waals surface area contributed by atoms with Crippen LogP contribution in [0.15, 0.2) is 59.2 Å². The Hall–Kier alpha value is -4.95. The van der Waals surface area contributed by atoms with E-state index in [4.69, 9.17) is 21.1 Å². The highest BCUT2D eigenvalue weighted by Gasteiger charge is 2.20. The van der Waals surface area contributed by atoms with Gasteiger partial charge in [-0.2, -0.15) is 10.2 Å². The summed E-state index contributed by atoms with van der Waals surface area (Å²) in [5.41, 5.74) is 1.35. The second kappa shape index (κ2) is 12.9. The number of ether oxygens (including phenoxy) is 2. The maximum atomic E-state index is 14.0. The molecule has 0 atom stereocenters. The number of anilines is 2. The molecular formula is C31H32ClN7O4. The van der Waals surface area contributed by atoms with E-state index >= 15 is 0 Å². The van der Waals surface area contributed by atoms with E-state index in [-0.39, 0.29) is 28.1 Å². The number of halogens is 1. The van der Waals surface area contributed by atoms with Crippen LogP contribution in [-0.4, -0.2) is 46.7 Å². The van der Waals surface area contributed by atoms with E-state index in [0.717, 1.165) is 5.56 Å². The second-order valence-corrected chi connectivity index (χ2v) is 11.1. The molecule has 1 aromatic carbocycles. The molecular weight excluding hydrogens is 570 g/mol. The number of methoxy groups -OCH3 is 2. The third-order valence-electron chi connectivity index (χ3n) is 6.44. The third kappa shape index (κ3) is 7.10. The van der Waals surface area contributed by atoms with Gasteiger partial charge in [-0.15, -0.1) is 0 Å². The number of nitrogens with one attached hydrogen (secondary N) is 2. The molecule has 222 valence electrons. The quantitative estimate of drug-likeness (QED) is 0.194. The summed E-state index contributed by atoms with van der Waals surface area (Å²) in [5, 5.41) is 16.0. The predicted molar refractivity (Wildman–Crippen MR) is 167 cm³/mol. The summed E-state index contributed by atoms with van der Waals surface area (Å²) >= 11 is 6.66. The number of allylic oxidation sites excluding steroid dienone is 1. The molecule has 0 spiro atoms. The Morgan fingerprint density at radius 3 is 2.56 bits per heavy atom. The molecule has 11 nitrogen and oxygen atoms in total. The van der Waals surface area contributed by atoms with Crippen LogP contribution < -0.4 is 25.7 Å². The summed E-state index contributed by atoms with van der Waals surface area (Å²) < 4.78 is 12.4. The molecule has 0 aliphatic rings. The highest BCUT2D eigenvalue weighted by Crippen LogP contribution is 2.38. The van der Waals surface area contributed by atoms with Crippen molar-refractivity contribution in [1.82, 2.24) is 19.5 Å². The van der Waals surface area contributed by atoms with Crippen molar-refractivity contribution < 1.29 is 14.3 Å². The van der Waals surface area contributed by atoms with Gasteiger partial charge >= 0.3 is 0 Å². The fourth-order valence-electron chi connectivity index (χ4n) is 4.42. The molecule has 0 unspecified atom stereocenters. The van der Waals surface area contributed by atoms with E-state index in [1.54, 1.807) is 60.4 Å². The molecule has 0 radical (unpaired) electrons. The Balaban J connectivity index is 1.73. The van der Waals surface area contributed by atoms with E-state index in [1.165, 1.54) is 14.2 Å². The van der Waals surface area contributed by atoms with Crippen LogP contribution in [0.2, 0.25) is 5.02 Å². The van der Waals surface area contributed by atoms with Crippen LogP contribution in [0.25, 0.3) is 22.2 Å². The maximum absolute atomic E-state index is 14.0. The van der Waals surface area contributed by atoms with Crippen molar-refractivity contribution in [2.45, 2.75) is 33.7 Å². The molecule has 0 aliphatic heterocycles. The van der Waals surface area contributed by atoms with Crippen molar-refractivity contribution in [3.8, 4) is 28.7 Å². The van der Waals surface area contributed by atoms with Gasteiger partial charge in [0.05, 0.1) is 19.2 Å². The molecule has 3 heterocycles. The van der Waals surface area contributed by atoms with Gasteiger partial charge in [-0.25, -0.2) is 9.97 Å². The molecule has 0 saturated carbocycles. The van der Waals surface area contributed by atoms with Gasteiger partial charge in [0.25, 0.3) is 11.5 Å². The van der Waals surface area contributed by atoms with E-state index in [9.17, 15) is 14.9 Å². The Morgan fingerprint density at radius 2 is 1.91 bits per heavy atom. The summed E-state index contributed by atoms with van der Waals surface area (Å²) in [6.45, 7) is 5.95. The van der Waals surface area contributed by atoms with Gasteiger partial charge in [0, 0.05) is 48.6 Å². The average Bonchev–Trinajstić information content (AvgIpc) is 2.98. The van der Waals surface area contributed by atoms with Crippen molar-refractivity contribution in [1.29, 1.82) is 5.26 Å². The van der Waals surface area contributed by atoms with Crippen molar-refractivity contribution in [2.75, 3.05) is 31.9 Å². The van der Waals surface area contributed by atoms with E-state index in [1.807, 2.05) is 26.8 Å². The molecule has 0 fully saturated rings. The first kappa shape index (κ1) is 31.0. The molecule has 0 saturated heterocycles. The fourth-order valence-corrected chi connectivity index (χ4v) is 4.71. The number of fused-ring (bicyclic) bond motifs is 1. The number of hydrogen-bond donors (Lipinski definition) is 2. The molecule has 3 aromatic heterocycles. The number of aryl methyl sites for hydroxylation is 2. The first-order valence-corrected chi connectivity index (χ1v) is 13.7. The van der Waals surface area contributed by atoms with Gasteiger partial charge in [0.1, 0.15) is 34.6 Å². The van der Waals surface area contributed by atoms with Crippen molar-refractivity contribution in [3.05, 3.63) is 75.3 Å². The number of rotatable bonds is 9. The van der Waals surface area contributed by atoms with Crippen LogP contribution in [0.1, 0.15) is 26.3 Å². The number of amides is 1. The van der Waals surface area contributed by atoms with Gasteiger partial charge in [-0.1, -0.05) is 38.4 Å². The number of carbonyl (C=O) groups excluding carboxylic acids is 1. The SMILES string of the molecule is CNc1ncc2cc(-c3cc(OC)cc(OC)c3Cl)c(=O)n(CCc3ccnc(NC(=O)C(C#N)=CC(C)(C)C)c3)c2n1. The second-order valence-electron chi connectivity index (χ2n) is 10.7. The lowest BCUT2D eigenvalue weighted by molar-refractivity contribution is -0.112. The maximum Gasteiger partial charge on any atom is 0.267 e. The lowest BCUT2D eigenvalue weighted by atomic mass is 9.93. The van der Waals surface area contributed by atoms with Gasteiger partial charge in [-0.05, 0) is 41.7 Å². The minimum atomic E-state index is -0.543. The van der Waals surface area contributed by atoms with Gasteiger partial charge in [0.15, 0.2) is 0 Å². The first-order chi connectivity index (χ1) is 20.5. The molecule has 0 bridgehead atoms. The standard InChI is InChI=1S/C31H32ClN7O4/c1-31(2,3)15-20(16-33)28(40)37-25-11-18(7-9-35-25)8-10-39-27-19(17-36-30(34-4)38-27)12-23(29(39)41)22-13-21(42-5)14-24(43-6)26(22)32/h7,9,11-15,17H,8,10H2,1-6H3,(H,34,36,38)(H,35,37,40). The minimum Gasteiger partial charge on any atom is -0.497 e. The predicted octanol–water partition coefficient (Wildman–Crippen LogP) is 5.24. The van der Waals surface area contributed by atoms with Crippen LogP contribution >= 0.6 is 11.6 Å². The van der Waals surface area contributed by atoms with Crippen molar-refractivity contribution in [3.63, 3.8) is 0 Å². The van der Waals surface area contributed by atoms with Crippen LogP contribution in [-0.2, 0) is 17.8 Å². The monoisotopic (exact) mass is 601 g/mol. The van der Waals surface area contributed by atoms with Crippen molar-refractivity contribution in [2.24, 2.45) is 5.41 Å². The van der Waals surface area contributed by atoms with Gasteiger partial charge in [0.2, 0.25) is 5.95 Å². The molecule has 43 heavy (non-hydrogen) atoms. The van der Waals surface area contributed by atoms with Crippen LogP contribution in [0.3, 0.4) is 0 Å². The number of aromatic nitrogens is 4. The Kier molecular flexibility index (Phi) is 9.31. The van der Waals surface area contributed by atoms with Gasteiger partial charge < -0.3 is 20.1 Å². The van der Waals surface area contributed by atoms with Crippen LogP contribution in [0.5, 0.6) is 11.5 Å². The number of nitrogens with zero attached hydrogens (tertiary/aromatic N) is 5. The Labute approximate surface area is 254 Å². The Bertz CT molecular complexity index is 1820. The number of benzene rings is 1. The largest absolute Gasteiger partial charge is 0.497 e. The van der Waals surface area contributed by atoms with Gasteiger partial charge in [-0.3, -0.25) is 14.2 Å². The molecule has 4 rings (SSSR count). The van der Waals surface area contributed by atoms with Crippen LogP contribution in [0, 0.1) is 16.7 Å². The summed E-state index contributed by atoms with van der Waals surface area (Å²) in [6.07, 6.45) is 5.21. The lowest BCUT2D eigenvalue weighted by Crippen LogP contribution is -2.24. The zero-order valence-corrected chi connectivity index (χ0v) is 25.5. The average molecular weight is 602 g/mol. The highest BCUT2D eigenvalue weighted by atomic mass is 35.5. The molecule has 1 amide bonds. The molecule has 0 aliphatic carbocycles. The minimum absolute atomic E-state index is 0.00222. The van der Waals surface area contributed by atoms with E-state index < -0.39 is 5.91 Å². The normalized spacial score (nSPS) is 11.6. The molecule has 2 N–H and O–H groups in total. The Morgan fingerprint density at radius 1 is 1.14 bits per heavy atom. The van der Waals surface area contributed by atoms with E-state index in [2.05, 4.69) is 25.6 Å². The van der Waals surface area contributed by atoms with Crippen LogP contribution in [0.4, 0.5) is 11.8 Å². The lowest BCUT2D eigenvalue weighted by Gasteiger charge is -2.16. The zero-order valence-electron chi connectivity index (χ0n) is 24.8. The smallest absolute Gasteiger partial charge is 0.267 e. The zero-order chi connectivity index (χ0) is 31.3. The molecule has 12 heteroatoms. The number of pyridine rings is 2. The van der Waals surface area contributed by atoms with E-state index in [0.29, 0.717) is 51.8 Å². The summed E-state index contributed by atoms with van der Waals surface area (Å²) in [7, 11) is 4.71. The summed E-state index contributed by atoms with van der Waals surface area (Å²) in [5.74, 6) is 0.955. The highest BCUT2D eigenvalue weighted by molar-refractivity contribution is 6.35. The number of hydrogen-bond acceptors (Lipinski definition) is 9. The summed E-state index contributed by atoms with van der Waals surface area (Å²) in [4.78, 5) is 39.9. The molecule has 4 aromatic rings.